The molecule has 1 aliphatic heterocycles. The van der Waals surface area contributed by atoms with E-state index in [1.807, 2.05) is 6.92 Å². The van der Waals surface area contributed by atoms with Gasteiger partial charge in [-0.3, -0.25) is 0 Å². The summed E-state index contributed by atoms with van der Waals surface area (Å²) in [6, 6.07) is 2.20. The smallest absolute Gasteiger partial charge is 0.0944 e. The molecule has 86 valence electrons. The number of aryl methyl sites for hydroxylation is 1. The minimum atomic E-state index is 0.507. The molecular weight excluding hydrogens is 218 g/mol. The van der Waals surface area contributed by atoms with E-state index in [0.717, 1.165) is 23.5 Å². The molecule has 1 aromatic rings. The highest BCUT2D eigenvalue weighted by Gasteiger charge is 2.13. The maximum atomic E-state index is 8.68. The molecule has 2 heterocycles. The van der Waals surface area contributed by atoms with Crippen LogP contribution in [0.1, 0.15) is 28.4 Å². The number of nitriles is 1. The van der Waals surface area contributed by atoms with Gasteiger partial charge in [-0.2, -0.15) is 5.26 Å². The minimum absolute atomic E-state index is 0.507. The van der Waals surface area contributed by atoms with Crippen LogP contribution in [0.25, 0.3) is 0 Å². The molecule has 0 spiro atoms. The second kappa shape index (κ2) is 5.42. The third kappa shape index (κ3) is 2.81. The Bertz CT molecular complexity index is 385. The number of rotatable bonds is 4. The summed E-state index contributed by atoms with van der Waals surface area (Å²) < 4.78 is 0. The van der Waals surface area contributed by atoms with Crippen LogP contribution >= 0.6 is 11.3 Å². The standard InChI is InChI=1S/C12H17N3S/c1-10-11(4-6-13)16-12(14-10)5-9-15-7-2-3-8-15/h2-5,7-9H2,1H3. The summed E-state index contributed by atoms with van der Waals surface area (Å²) in [5.41, 5.74) is 1.04. The first-order chi connectivity index (χ1) is 7.79. The van der Waals surface area contributed by atoms with Crippen molar-refractivity contribution in [2.45, 2.75) is 32.6 Å². The van der Waals surface area contributed by atoms with Gasteiger partial charge in [-0.15, -0.1) is 11.3 Å². The molecule has 0 saturated carbocycles. The second-order valence-corrected chi connectivity index (χ2v) is 5.42. The molecule has 1 aromatic heterocycles. The number of likely N-dealkylation sites (tertiary alicyclic amines) is 1. The first-order valence-electron chi connectivity index (χ1n) is 5.84. The molecule has 0 radical (unpaired) electrons. The van der Waals surface area contributed by atoms with Crippen LogP contribution in [0.4, 0.5) is 0 Å². The summed E-state index contributed by atoms with van der Waals surface area (Å²) in [7, 11) is 0. The average Bonchev–Trinajstić information content (AvgIpc) is 2.87. The van der Waals surface area contributed by atoms with Crippen LogP contribution in [0.3, 0.4) is 0 Å². The maximum absolute atomic E-state index is 8.68. The van der Waals surface area contributed by atoms with Gasteiger partial charge >= 0.3 is 0 Å². The quantitative estimate of drug-likeness (QED) is 0.803. The third-order valence-electron chi connectivity index (χ3n) is 3.02. The molecule has 1 aliphatic rings. The molecule has 0 unspecified atom stereocenters. The van der Waals surface area contributed by atoms with Crippen LogP contribution in [0, 0.1) is 18.3 Å². The predicted molar refractivity (Wildman–Crippen MR) is 65.5 cm³/mol. The molecule has 0 N–H and O–H groups in total. The van der Waals surface area contributed by atoms with Gasteiger partial charge in [-0.1, -0.05) is 0 Å². The van der Waals surface area contributed by atoms with E-state index in [-0.39, 0.29) is 0 Å². The largest absolute Gasteiger partial charge is 0.303 e. The highest BCUT2D eigenvalue weighted by Crippen LogP contribution is 2.19. The Hall–Kier alpha value is -0.920. The average molecular weight is 235 g/mol. The van der Waals surface area contributed by atoms with Crippen molar-refractivity contribution in [2.75, 3.05) is 19.6 Å². The number of nitrogens with zero attached hydrogens (tertiary/aromatic N) is 3. The summed E-state index contributed by atoms with van der Waals surface area (Å²) in [6.07, 6.45) is 4.23. The summed E-state index contributed by atoms with van der Waals surface area (Å²) in [6.45, 7) is 5.62. The van der Waals surface area contributed by atoms with E-state index in [2.05, 4.69) is 16.0 Å². The van der Waals surface area contributed by atoms with Crippen LogP contribution in [0.5, 0.6) is 0 Å². The van der Waals surface area contributed by atoms with Crippen molar-refractivity contribution in [1.29, 1.82) is 5.26 Å². The van der Waals surface area contributed by atoms with Crippen molar-refractivity contribution in [3.8, 4) is 6.07 Å². The summed E-state index contributed by atoms with van der Waals surface area (Å²) in [5.74, 6) is 0. The van der Waals surface area contributed by atoms with Crippen molar-refractivity contribution >= 4 is 11.3 Å². The van der Waals surface area contributed by atoms with Crippen molar-refractivity contribution in [3.05, 3.63) is 15.6 Å². The van der Waals surface area contributed by atoms with Crippen LogP contribution < -0.4 is 0 Å². The number of hydrogen-bond acceptors (Lipinski definition) is 4. The Morgan fingerprint density at radius 1 is 1.44 bits per heavy atom. The van der Waals surface area contributed by atoms with Gasteiger partial charge in [0, 0.05) is 17.8 Å². The van der Waals surface area contributed by atoms with E-state index in [1.54, 1.807) is 11.3 Å². The zero-order valence-corrected chi connectivity index (χ0v) is 10.5. The fourth-order valence-electron chi connectivity index (χ4n) is 2.09. The van der Waals surface area contributed by atoms with Gasteiger partial charge in [-0.25, -0.2) is 4.98 Å². The van der Waals surface area contributed by atoms with Gasteiger partial charge in [0.25, 0.3) is 0 Å². The maximum Gasteiger partial charge on any atom is 0.0944 e. The fraction of sp³-hybridized carbons (Fsp3) is 0.667. The number of aromatic nitrogens is 1. The van der Waals surface area contributed by atoms with Gasteiger partial charge in [0.2, 0.25) is 0 Å². The molecule has 1 fully saturated rings. The van der Waals surface area contributed by atoms with E-state index >= 15 is 0 Å². The van der Waals surface area contributed by atoms with Crippen LogP contribution in [0.15, 0.2) is 0 Å². The highest BCUT2D eigenvalue weighted by atomic mass is 32.1. The second-order valence-electron chi connectivity index (χ2n) is 4.25. The lowest BCUT2D eigenvalue weighted by Gasteiger charge is -2.12. The minimum Gasteiger partial charge on any atom is -0.303 e. The molecule has 3 nitrogen and oxygen atoms in total. The molecule has 1 saturated heterocycles. The van der Waals surface area contributed by atoms with E-state index < -0.39 is 0 Å². The molecule has 16 heavy (non-hydrogen) atoms. The Balaban J connectivity index is 1.89. The number of hydrogen-bond donors (Lipinski definition) is 0. The van der Waals surface area contributed by atoms with E-state index in [1.165, 1.54) is 30.9 Å². The van der Waals surface area contributed by atoms with Gasteiger partial charge in [0.05, 0.1) is 23.2 Å². The van der Waals surface area contributed by atoms with E-state index in [4.69, 9.17) is 5.26 Å². The molecule has 4 heteroatoms. The lowest BCUT2D eigenvalue weighted by Crippen LogP contribution is -2.21. The van der Waals surface area contributed by atoms with Gasteiger partial charge in [-0.05, 0) is 32.9 Å². The van der Waals surface area contributed by atoms with Crippen molar-refractivity contribution in [1.82, 2.24) is 9.88 Å². The zero-order chi connectivity index (χ0) is 11.4. The normalized spacial score (nSPS) is 16.5. The van der Waals surface area contributed by atoms with Crippen LogP contribution in [-0.2, 0) is 12.8 Å². The zero-order valence-electron chi connectivity index (χ0n) is 9.70. The topological polar surface area (TPSA) is 39.9 Å². The first-order valence-corrected chi connectivity index (χ1v) is 6.65. The lowest BCUT2D eigenvalue weighted by molar-refractivity contribution is 0.343. The Kier molecular flexibility index (Phi) is 3.92. The molecule has 0 amide bonds. The van der Waals surface area contributed by atoms with Crippen molar-refractivity contribution in [3.63, 3.8) is 0 Å². The fourth-order valence-corrected chi connectivity index (χ4v) is 3.08. The van der Waals surface area contributed by atoms with E-state index in [0.29, 0.717) is 6.42 Å². The van der Waals surface area contributed by atoms with Gasteiger partial charge in [0.1, 0.15) is 0 Å². The highest BCUT2D eigenvalue weighted by molar-refractivity contribution is 7.11. The molecule has 0 bridgehead atoms. The van der Waals surface area contributed by atoms with Crippen molar-refractivity contribution < 1.29 is 0 Å². The first kappa shape index (κ1) is 11.6. The SMILES string of the molecule is Cc1nc(CCN2CCCC2)sc1CC#N. The lowest BCUT2D eigenvalue weighted by atomic mass is 10.3. The summed E-state index contributed by atoms with van der Waals surface area (Å²) in [4.78, 5) is 8.17. The van der Waals surface area contributed by atoms with Crippen LogP contribution in [0.2, 0.25) is 0 Å². The van der Waals surface area contributed by atoms with Gasteiger partial charge in [0.15, 0.2) is 0 Å². The molecule has 0 atom stereocenters. The van der Waals surface area contributed by atoms with Gasteiger partial charge < -0.3 is 4.90 Å². The number of thiazole rings is 1. The third-order valence-corrected chi connectivity index (χ3v) is 4.23. The Morgan fingerprint density at radius 2 is 2.19 bits per heavy atom. The molecule has 0 aliphatic carbocycles. The monoisotopic (exact) mass is 235 g/mol. The molecule has 0 aromatic carbocycles. The summed E-state index contributed by atoms with van der Waals surface area (Å²) >= 11 is 1.71. The van der Waals surface area contributed by atoms with Crippen LogP contribution in [-0.4, -0.2) is 29.5 Å². The van der Waals surface area contributed by atoms with Crippen molar-refractivity contribution in [2.24, 2.45) is 0 Å². The molecule has 2 rings (SSSR count). The molecular formula is C12H17N3S. The summed E-state index contributed by atoms with van der Waals surface area (Å²) in [5, 5.41) is 9.87. The Morgan fingerprint density at radius 3 is 2.88 bits per heavy atom. The Labute approximate surface area is 101 Å². The predicted octanol–water partition coefficient (Wildman–Crippen LogP) is 2.16. The van der Waals surface area contributed by atoms with E-state index in [9.17, 15) is 0 Å².